The molecule has 1 N–H and O–H groups in total. The number of hydrogen-bond donors (Lipinski definition) is 1. The molecule has 5 rings (SSSR count). The van der Waals surface area contributed by atoms with Crippen LogP contribution in [0.5, 0.6) is 11.6 Å². The van der Waals surface area contributed by atoms with Gasteiger partial charge in [0.1, 0.15) is 12.5 Å². The van der Waals surface area contributed by atoms with Gasteiger partial charge < -0.3 is 28.6 Å². The summed E-state index contributed by atoms with van der Waals surface area (Å²) >= 11 is 3.56. The second-order valence-electron chi connectivity index (χ2n) is 8.80. The highest BCUT2D eigenvalue weighted by atomic mass is 79.9. The zero-order valence-electron chi connectivity index (χ0n) is 18.8. The maximum absolute atomic E-state index is 9.48. The minimum atomic E-state index is 0.326. The van der Waals surface area contributed by atoms with Crippen molar-refractivity contribution in [1.29, 1.82) is 0 Å². The number of aromatic nitrogens is 3. The second kappa shape index (κ2) is 9.75. The summed E-state index contributed by atoms with van der Waals surface area (Å²) in [5.41, 5.74) is 0.924. The molecule has 33 heavy (non-hydrogen) atoms. The number of rotatable bonds is 8. The Balaban J connectivity index is 1.24. The lowest BCUT2D eigenvalue weighted by Gasteiger charge is -2.31. The monoisotopic (exact) mass is 512 g/mol. The van der Waals surface area contributed by atoms with Gasteiger partial charge in [0.15, 0.2) is 0 Å². The number of hydrogen-bond acceptors (Lipinski definition) is 5. The summed E-state index contributed by atoms with van der Waals surface area (Å²) in [7, 11) is 1.70. The first-order valence-corrected chi connectivity index (χ1v) is 12.2. The van der Waals surface area contributed by atoms with Crippen molar-refractivity contribution in [3.8, 4) is 11.6 Å². The van der Waals surface area contributed by atoms with Crippen molar-refractivity contribution in [3.63, 3.8) is 0 Å². The van der Waals surface area contributed by atoms with E-state index in [1.807, 2.05) is 27.5 Å². The molecular weight excluding hydrogens is 484 g/mol. The van der Waals surface area contributed by atoms with Crippen LogP contribution in [0.3, 0.4) is 0 Å². The predicted molar refractivity (Wildman–Crippen MR) is 133 cm³/mol. The van der Waals surface area contributed by atoms with Gasteiger partial charge in [0.2, 0.25) is 5.88 Å². The molecular formula is C25H29BrN4O3. The topological polar surface area (TPSA) is 64.7 Å². The summed E-state index contributed by atoms with van der Waals surface area (Å²) in [6.45, 7) is 5.20. The number of pyridine rings is 1. The van der Waals surface area contributed by atoms with Crippen LogP contribution in [0, 0.1) is 5.92 Å². The minimum Gasteiger partial charge on any atom is -0.506 e. The van der Waals surface area contributed by atoms with Crippen LogP contribution in [0.15, 0.2) is 53.5 Å². The van der Waals surface area contributed by atoms with E-state index in [1.54, 1.807) is 19.4 Å². The van der Waals surface area contributed by atoms with E-state index in [4.69, 9.17) is 14.5 Å². The molecule has 4 heterocycles. The molecule has 3 aromatic heterocycles. The summed E-state index contributed by atoms with van der Waals surface area (Å²) in [6, 6.07) is 7.91. The number of methoxy groups -OCH3 is 1. The van der Waals surface area contributed by atoms with Crippen LogP contribution in [-0.4, -0.2) is 57.5 Å². The maximum atomic E-state index is 9.48. The van der Waals surface area contributed by atoms with Gasteiger partial charge in [-0.3, -0.25) is 0 Å². The van der Waals surface area contributed by atoms with Gasteiger partial charge in [0.25, 0.3) is 0 Å². The van der Waals surface area contributed by atoms with Crippen LogP contribution in [0.25, 0.3) is 21.7 Å². The highest BCUT2D eigenvalue weighted by molar-refractivity contribution is 9.10. The van der Waals surface area contributed by atoms with Crippen LogP contribution in [0.1, 0.15) is 12.8 Å². The first-order valence-electron chi connectivity index (χ1n) is 11.4. The molecule has 1 saturated heterocycles. The minimum absolute atomic E-state index is 0.326. The molecule has 1 aliphatic heterocycles. The first-order chi connectivity index (χ1) is 16.1. The van der Waals surface area contributed by atoms with Crippen molar-refractivity contribution < 1.29 is 14.6 Å². The maximum Gasteiger partial charge on any atom is 0.223 e. The fraction of sp³-hybridized carbons (Fsp3) is 0.400. The van der Waals surface area contributed by atoms with Gasteiger partial charge >= 0.3 is 0 Å². The molecule has 0 spiro atoms. The number of aromatic hydroxyl groups is 1. The van der Waals surface area contributed by atoms with E-state index in [2.05, 4.69) is 39.3 Å². The van der Waals surface area contributed by atoms with Crippen molar-refractivity contribution in [2.45, 2.75) is 26.1 Å². The molecule has 1 aromatic carbocycles. The molecule has 8 heteroatoms. The average molecular weight is 513 g/mol. The van der Waals surface area contributed by atoms with Gasteiger partial charge in [-0.1, -0.05) is 22.0 Å². The van der Waals surface area contributed by atoms with Crippen molar-refractivity contribution >= 4 is 37.6 Å². The van der Waals surface area contributed by atoms with Crippen LogP contribution < -0.4 is 4.74 Å². The smallest absolute Gasteiger partial charge is 0.223 e. The number of nitrogens with zero attached hydrogens (tertiary/aromatic N) is 4. The predicted octanol–water partition coefficient (Wildman–Crippen LogP) is 4.85. The summed E-state index contributed by atoms with van der Waals surface area (Å²) in [5, 5.41) is 12.7. The van der Waals surface area contributed by atoms with Crippen molar-refractivity contribution in [2.75, 3.05) is 33.4 Å². The third-order valence-corrected chi connectivity index (χ3v) is 6.93. The SMILES string of the molecule is COCn1cc2c(OCC3CCN(CCn4ccc(O)c4)CC3)nc3cc(Br)ccc3c2c1. The highest BCUT2D eigenvalue weighted by Gasteiger charge is 2.21. The Bertz CT molecular complexity index is 1240. The van der Waals surface area contributed by atoms with E-state index in [0.29, 0.717) is 30.9 Å². The third-order valence-electron chi connectivity index (χ3n) is 6.43. The Labute approximate surface area is 201 Å². The number of benzene rings is 1. The summed E-state index contributed by atoms with van der Waals surface area (Å²) in [5.74, 6) is 1.54. The molecule has 0 atom stereocenters. The molecule has 0 saturated carbocycles. The Kier molecular flexibility index (Phi) is 6.57. The lowest BCUT2D eigenvalue weighted by molar-refractivity contribution is 0.131. The Morgan fingerprint density at radius 1 is 1.03 bits per heavy atom. The van der Waals surface area contributed by atoms with Gasteiger partial charge in [-0.05, 0) is 50.0 Å². The largest absolute Gasteiger partial charge is 0.506 e. The van der Waals surface area contributed by atoms with Gasteiger partial charge in [-0.2, -0.15) is 0 Å². The standard InChI is InChI=1S/C25H29BrN4O3/c1-32-17-30-14-22-21-3-2-19(26)12-24(21)27-25(23(22)15-30)33-16-18-4-7-28(8-5-18)10-11-29-9-6-20(31)13-29/h2-3,6,9,12-15,18,31H,4-5,7-8,10-11,16-17H2,1H3. The lowest BCUT2D eigenvalue weighted by atomic mass is 9.98. The average Bonchev–Trinajstić information content (AvgIpc) is 3.43. The fourth-order valence-electron chi connectivity index (χ4n) is 4.62. The Morgan fingerprint density at radius 2 is 1.85 bits per heavy atom. The van der Waals surface area contributed by atoms with Crippen molar-refractivity contribution in [2.24, 2.45) is 5.92 Å². The molecule has 0 bridgehead atoms. The molecule has 7 nitrogen and oxygen atoms in total. The molecule has 0 radical (unpaired) electrons. The number of likely N-dealkylation sites (tertiary alicyclic amines) is 1. The van der Waals surface area contributed by atoms with E-state index in [0.717, 1.165) is 65.2 Å². The Hall–Kier alpha value is -2.55. The summed E-state index contributed by atoms with van der Waals surface area (Å²) in [4.78, 5) is 7.35. The van der Waals surface area contributed by atoms with Gasteiger partial charge in [-0.25, -0.2) is 4.98 Å². The lowest BCUT2D eigenvalue weighted by Crippen LogP contribution is -2.37. The van der Waals surface area contributed by atoms with E-state index in [9.17, 15) is 5.11 Å². The fourth-order valence-corrected chi connectivity index (χ4v) is 4.97. The van der Waals surface area contributed by atoms with Gasteiger partial charge in [0, 0.05) is 60.2 Å². The number of halogens is 1. The Morgan fingerprint density at radius 3 is 2.61 bits per heavy atom. The number of piperidine rings is 1. The third kappa shape index (κ3) is 5.03. The quantitative estimate of drug-likeness (QED) is 0.365. The molecule has 4 aromatic rings. The van der Waals surface area contributed by atoms with Crippen LogP contribution in [-0.2, 0) is 18.0 Å². The van der Waals surface area contributed by atoms with E-state index in [1.165, 1.54) is 0 Å². The molecule has 0 amide bonds. The molecule has 174 valence electrons. The second-order valence-corrected chi connectivity index (χ2v) is 9.72. The van der Waals surface area contributed by atoms with E-state index >= 15 is 0 Å². The van der Waals surface area contributed by atoms with Gasteiger partial charge in [0.05, 0.1) is 17.5 Å². The number of ether oxygens (including phenoxy) is 2. The van der Waals surface area contributed by atoms with E-state index < -0.39 is 0 Å². The first kappa shape index (κ1) is 22.3. The van der Waals surface area contributed by atoms with Crippen LogP contribution in [0.4, 0.5) is 0 Å². The normalized spacial score (nSPS) is 15.6. The zero-order valence-corrected chi connectivity index (χ0v) is 20.4. The van der Waals surface area contributed by atoms with Crippen molar-refractivity contribution in [1.82, 2.24) is 19.0 Å². The molecule has 1 fully saturated rings. The van der Waals surface area contributed by atoms with Crippen LogP contribution >= 0.6 is 15.9 Å². The highest BCUT2D eigenvalue weighted by Crippen LogP contribution is 2.33. The van der Waals surface area contributed by atoms with Gasteiger partial charge in [-0.15, -0.1) is 0 Å². The molecule has 0 aliphatic carbocycles. The summed E-state index contributed by atoms with van der Waals surface area (Å²) in [6.07, 6.45) is 10.1. The van der Waals surface area contributed by atoms with Crippen molar-refractivity contribution in [3.05, 3.63) is 53.5 Å². The molecule has 0 unspecified atom stereocenters. The summed E-state index contributed by atoms with van der Waals surface area (Å²) < 4.78 is 16.7. The number of fused-ring (bicyclic) bond motifs is 3. The molecule has 1 aliphatic rings. The van der Waals surface area contributed by atoms with E-state index in [-0.39, 0.29) is 0 Å². The van der Waals surface area contributed by atoms with Crippen LogP contribution in [0.2, 0.25) is 0 Å². The zero-order chi connectivity index (χ0) is 22.8.